The van der Waals surface area contributed by atoms with Crippen LogP contribution in [0, 0.1) is 13.7 Å². The molecular formula is C9H5BrINO4. The van der Waals surface area contributed by atoms with Crippen LogP contribution < -0.4 is 0 Å². The highest BCUT2D eigenvalue weighted by molar-refractivity contribution is 14.1. The Morgan fingerprint density at radius 2 is 2.19 bits per heavy atom. The summed E-state index contributed by atoms with van der Waals surface area (Å²) in [6, 6.07) is 2.71. The molecule has 0 saturated heterocycles. The number of nitro groups is 1. The fourth-order valence-corrected chi connectivity index (χ4v) is 2.13. The fraction of sp³-hybridized carbons (Fsp3) is 0.111. The topological polar surface area (TPSA) is 77.3 Å². The highest BCUT2D eigenvalue weighted by Crippen LogP contribution is 2.25. The zero-order valence-corrected chi connectivity index (χ0v) is 11.5. The van der Waals surface area contributed by atoms with E-state index in [0.29, 0.717) is 9.86 Å². The van der Waals surface area contributed by atoms with Gasteiger partial charge in [-0.2, -0.15) is 0 Å². The number of carbonyl (C=O) groups is 2. The number of carbonyl (C=O) groups excluding carboxylic acids is 2. The zero-order chi connectivity index (χ0) is 12.3. The highest BCUT2D eigenvalue weighted by Gasteiger charge is 2.24. The lowest BCUT2D eigenvalue weighted by Gasteiger charge is -2.04. The number of halogens is 2. The van der Waals surface area contributed by atoms with Crippen LogP contribution in [0.5, 0.6) is 0 Å². The maximum absolute atomic E-state index is 11.5. The molecule has 1 aromatic carbocycles. The lowest BCUT2D eigenvalue weighted by atomic mass is 10.0. The van der Waals surface area contributed by atoms with Gasteiger partial charge in [0.05, 0.1) is 10.3 Å². The summed E-state index contributed by atoms with van der Waals surface area (Å²) in [4.78, 5) is 32.4. The molecule has 0 atom stereocenters. The van der Waals surface area contributed by atoms with Crippen LogP contribution in [0.4, 0.5) is 5.69 Å². The monoisotopic (exact) mass is 397 g/mol. The minimum atomic E-state index is -0.662. The van der Waals surface area contributed by atoms with Crippen molar-refractivity contribution in [3.8, 4) is 0 Å². The molecule has 16 heavy (non-hydrogen) atoms. The van der Waals surface area contributed by atoms with Crippen LogP contribution in [-0.4, -0.2) is 22.3 Å². The normalized spacial score (nSPS) is 9.88. The van der Waals surface area contributed by atoms with Crippen LogP contribution in [0.3, 0.4) is 0 Å². The minimum absolute atomic E-state index is 0.0445. The van der Waals surface area contributed by atoms with E-state index < -0.39 is 10.7 Å². The lowest BCUT2D eigenvalue weighted by Crippen LogP contribution is -2.09. The van der Waals surface area contributed by atoms with Gasteiger partial charge in [0.15, 0.2) is 12.1 Å². The van der Waals surface area contributed by atoms with Gasteiger partial charge >= 0.3 is 0 Å². The van der Waals surface area contributed by atoms with Crippen LogP contribution in [0.1, 0.15) is 20.7 Å². The molecule has 0 aromatic heterocycles. The summed E-state index contributed by atoms with van der Waals surface area (Å²) < 4.78 is 0.539. The quantitative estimate of drug-likeness (QED) is 0.195. The van der Waals surface area contributed by atoms with E-state index in [9.17, 15) is 19.7 Å². The van der Waals surface area contributed by atoms with Gasteiger partial charge in [-0.3, -0.25) is 19.7 Å². The molecule has 0 unspecified atom stereocenters. The molecule has 0 radical (unpaired) electrons. The first kappa shape index (κ1) is 13.2. The summed E-state index contributed by atoms with van der Waals surface area (Å²) in [5, 5.41) is 10.7. The Labute approximate surface area is 113 Å². The second kappa shape index (κ2) is 5.48. The molecule has 0 spiro atoms. The largest absolute Gasteiger partial charge is 0.298 e. The van der Waals surface area contributed by atoms with Crippen molar-refractivity contribution >= 4 is 56.3 Å². The van der Waals surface area contributed by atoms with Crippen molar-refractivity contribution in [1.29, 1.82) is 0 Å². The number of hydrogen-bond acceptors (Lipinski definition) is 4. The van der Waals surface area contributed by atoms with Gasteiger partial charge < -0.3 is 0 Å². The van der Waals surface area contributed by atoms with E-state index in [1.54, 1.807) is 0 Å². The third-order valence-electron chi connectivity index (χ3n) is 1.84. The molecule has 0 heterocycles. The molecule has 0 aliphatic rings. The standard InChI is InChI=1S/C9H5BrINO4/c10-3-8(14)9-5(4-13)1-6(11)2-7(9)12(15)16/h1-2,4H,3H2. The summed E-state index contributed by atoms with van der Waals surface area (Å²) >= 11 is 4.78. The van der Waals surface area contributed by atoms with E-state index in [0.717, 1.165) is 0 Å². The van der Waals surface area contributed by atoms with Crippen molar-refractivity contribution in [1.82, 2.24) is 0 Å². The molecule has 0 aliphatic heterocycles. The summed E-state index contributed by atoms with van der Waals surface area (Å²) in [6.45, 7) is 0. The van der Waals surface area contributed by atoms with Crippen LogP contribution in [0.25, 0.3) is 0 Å². The van der Waals surface area contributed by atoms with E-state index in [-0.39, 0.29) is 22.1 Å². The zero-order valence-electron chi connectivity index (χ0n) is 7.78. The van der Waals surface area contributed by atoms with Crippen molar-refractivity contribution in [3.05, 3.63) is 36.9 Å². The Morgan fingerprint density at radius 3 is 2.62 bits per heavy atom. The van der Waals surface area contributed by atoms with Crippen molar-refractivity contribution in [3.63, 3.8) is 0 Å². The van der Waals surface area contributed by atoms with Gasteiger partial charge in [0.25, 0.3) is 5.69 Å². The molecule has 0 N–H and O–H groups in total. The summed E-state index contributed by atoms with van der Waals surface area (Å²) in [5.41, 5.74) is -0.432. The average molecular weight is 398 g/mol. The maximum Gasteiger partial charge on any atom is 0.281 e. The number of alkyl halides is 1. The molecule has 0 fully saturated rings. The minimum Gasteiger partial charge on any atom is -0.298 e. The number of rotatable bonds is 4. The van der Waals surface area contributed by atoms with Gasteiger partial charge in [-0.1, -0.05) is 15.9 Å². The summed E-state index contributed by atoms with van der Waals surface area (Å²) in [6.07, 6.45) is 0.449. The molecule has 0 amide bonds. The molecule has 84 valence electrons. The lowest BCUT2D eigenvalue weighted by molar-refractivity contribution is -0.385. The number of hydrogen-bond donors (Lipinski definition) is 0. The Bertz CT molecular complexity index is 475. The van der Waals surface area contributed by atoms with E-state index in [1.165, 1.54) is 12.1 Å². The first-order valence-electron chi connectivity index (χ1n) is 4.03. The van der Waals surface area contributed by atoms with Crippen LogP contribution in [0.15, 0.2) is 12.1 Å². The van der Waals surface area contributed by atoms with Gasteiger partial charge in [-0.15, -0.1) is 0 Å². The predicted octanol–water partition coefficient (Wildman–Crippen LogP) is 2.59. The first-order chi connectivity index (χ1) is 7.51. The van der Waals surface area contributed by atoms with E-state index >= 15 is 0 Å². The second-order valence-corrected chi connectivity index (χ2v) is 4.63. The second-order valence-electron chi connectivity index (χ2n) is 2.82. The van der Waals surface area contributed by atoms with Crippen molar-refractivity contribution in [2.45, 2.75) is 0 Å². The molecule has 1 aromatic rings. The third-order valence-corrected chi connectivity index (χ3v) is 2.97. The molecule has 1 rings (SSSR count). The molecule has 7 heteroatoms. The van der Waals surface area contributed by atoms with E-state index in [2.05, 4.69) is 15.9 Å². The Kier molecular flexibility index (Phi) is 4.54. The van der Waals surface area contributed by atoms with Crippen LogP contribution in [-0.2, 0) is 0 Å². The van der Waals surface area contributed by atoms with Crippen molar-refractivity contribution in [2.24, 2.45) is 0 Å². The van der Waals surface area contributed by atoms with Crippen molar-refractivity contribution in [2.75, 3.05) is 5.33 Å². The Balaban J connectivity index is 3.57. The molecular weight excluding hydrogens is 393 g/mol. The molecule has 0 bridgehead atoms. The van der Waals surface area contributed by atoms with Crippen LogP contribution in [0.2, 0.25) is 0 Å². The molecule has 0 saturated carbocycles. The van der Waals surface area contributed by atoms with Crippen LogP contribution >= 0.6 is 38.5 Å². The molecule has 0 aliphatic carbocycles. The van der Waals surface area contributed by atoms with Crippen molar-refractivity contribution < 1.29 is 14.5 Å². The van der Waals surface area contributed by atoms with E-state index in [1.807, 2.05) is 22.6 Å². The fourth-order valence-electron chi connectivity index (χ4n) is 1.22. The number of nitrogens with zero attached hydrogens (tertiary/aromatic N) is 1. The number of nitro benzene ring substituents is 1. The summed E-state index contributed by atoms with van der Waals surface area (Å²) in [7, 11) is 0. The predicted molar refractivity (Wildman–Crippen MR) is 69.3 cm³/mol. The maximum atomic E-state index is 11.5. The van der Waals surface area contributed by atoms with Gasteiger partial charge in [0, 0.05) is 15.2 Å². The smallest absolute Gasteiger partial charge is 0.281 e. The first-order valence-corrected chi connectivity index (χ1v) is 6.23. The average Bonchev–Trinajstić information content (AvgIpc) is 2.26. The third kappa shape index (κ3) is 2.64. The number of aldehydes is 1. The highest BCUT2D eigenvalue weighted by atomic mass is 127. The Morgan fingerprint density at radius 1 is 1.56 bits per heavy atom. The number of benzene rings is 1. The van der Waals surface area contributed by atoms with E-state index in [4.69, 9.17) is 0 Å². The van der Waals surface area contributed by atoms with Gasteiger partial charge in [-0.05, 0) is 28.7 Å². The number of Topliss-reactive ketones (excluding diaryl/α,β-unsaturated/α-hetero) is 1. The summed E-state index contributed by atoms with van der Waals surface area (Å²) in [5.74, 6) is -0.481. The van der Waals surface area contributed by atoms with Gasteiger partial charge in [0.1, 0.15) is 5.56 Å². The SMILES string of the molecule is O=Cc1cc(I)cc([N+](=O)[O-])c1C(=O)CBr. The van der Waals surface area contributed by atoms with Gasteiger partial charge in [-0.25, -0.2) is 0 Å². The van der Waals surface area contributed by atoms with Gasteiger partial charge in [0.2, 0.25) is 0 Å². The Hall–Kier alpha value is -0.830. The number of ketones is 1. The molecule has 5 nitrogen and oxygen atoms in total.